The monoisotopic (exact) mass is 273 g/mol. The van der Waals surface area contributed by atoms with Crippen molar-refractivity contribution in [3.8, 4) is 10.6 Å². The maximum Gasteiger partial charge on any atom is 0.124 e. The molecule has 4 heteroatoms. The molecule has 2 aromatic heterocycles. The van der Waals surface area contributed by atoms with Gasteiger partial charge < -0.3 is 0 Å². The number of fused-ring (bicyclic) bond motifs is 1. The van der Waals surface area contributed by atoms with Gasteiger partial charge in [0.1, 0.15) is 5.01 Å². The van der Waals surface area contributed by atoms with Crippen molar-refractivity contribution in [2.24, 2.45) is 7.05 Å². The summed E-state index contributed by atoms with van der Waals surface area (Å²) in [5.74, 6) is 0. The fourth-order valence-electron chi connectivity index (χ4n) is 1.96. The summed E-state index contributed by atoms with van der Waals surface area (Å²) in [6, 6.07) is 6.26. The van der Waals surface area contributed by atoms with Crippen LogP contribution in [0.3, 0.4) is 0 Å². The number of benzene rings is 1. The third kappa shape index (κ3) is 2.54. The Bertz CT molecular complexity index is 667. The summed E-state index contributed by atoms with van der Waals surface area (Å²) >= 11 is 1.70. The average Bonchev–Trinajstić information content (AvgIpc) is 3.08. The summed E-state index contributed by atoms with van der Waals surface area (Å²) in [7, 11) is 1.96. The van der Waals surface area contributed by atoms with Gasteiger partial charge in [-0.15, -0.1) is 11.3 Å². The van der Waals surface area contributed by atoms with Crippen molar-refractivity contribution in [2.45, 2.75) is 27.2 Å². The first-order valence-corrected chi connectivity index (χ1v) is 7.53. The molecule has 0 bridgehead atoms. The van der Waals surface area contributed by atoms with Crippen molar-refractivity contribution >= 4 is 22.2 Å². The molecule has 0 saturated heterocycles. The van der Waals surface area contributed by atoms with E-state index in [-0.39, 0.29) is 0 Å². The molecular weight excluding hydrogens is 254 g/mol. The molecule has 0 saturated carbocycles. The fraction of sp³-hybridized carbons (Fsp3) is 0.333. The molecule has 3 nitrogen and oxygen atoms in total. The fourth-order valence-corrected chi connectivity index (χ4v) is 2.90. The Morgan fingerprint density at radius 3 is 2.74 bits per heavy atom. The Kier molecular flexibility index (Phi) is 4.32. The van der Waals surface area contributed by atoms with Crippen LogP contribution in [0.25, 0.3) is 21.5 Å². The van der Waals surface area contributed by atoms with Crippen molar-refractivity contribution in [3.63, 3.8) is 0 Å². The normalized spacial score (nSPS) is 10.3. The van der Waals surface area contributed by atoms with Gasteiger partial charge >= 0.3 is 0 Å². The number of nitrogens with zero attached hydrogens (tertiary/aromatic N) is 3. The highest BCUT2D eigenvalue weighted by molar-refractivity contribution is 7.13. The second-order valence-electron chi connectivity index (χ2n) is 4.00. The third-order valence-corrected chi connectivity index (χ3v) is 3.86. The minimum atomic E-state index is 0.986. The maximum absolute atomic E-state index is 4.64. The Morgan fingerprint density at radius 2 is 2.05 bits per heavy atom. The molecule has 0 atom stereocenters. The van der Waals surface area contributed by atoms with Crippen LogP contribution in [0.4, 0.5) is 0 Å². The minimum Gasteiger partial charge on any atom is -0.268 e. The SMILES string of the molecule is CC.CCc1csc(-c2cccc3c2cnn3C)n1. The van der Waals surface area contributed by atoms with Gasteiger partial charge in [-0.3, -0.25) is 4.68 Å². The van der Waals surface area contributed by atoms with Crippen LogP contribution in [-0.4, -0.2) is 14.8 Å². The van der Waals surface area contributed by atoms with Crippen LogP contribution in [0.5, 0.6) is 0 Å². The molecule has 0 N–H and O–H groups in total. The first-order chi connectivity index (χ1) is 9.29. The number of aryl methyl sites for hydroxylation is 2. The molecule has 3 rings (SSSR count). The van der Waals surface area contributed by atoms with E-state index < -0.39 is 0 Å². The van der Waals surface area contributed by atoms with Crippen LogP contribution < -0.4 is 0 Å². The van der Waals surface area contributed by atoms with Gasteiger partial charge in [0, 0.05) is 23.4 Å². The highest BCUT2D eigenvalue weighted by Gasteiger charge is 2.09. The lowest BCUT2D eigenvalue weighted by Crippen LogP contribution is -1.88. The van der Waals surface area contributed by atoms with E-state index in [2.05, 4.69) is 40.6 Å². The minimum absolute atomic E-state index is 0.986. The second kappa shape index (κ2) is 5.97. The van der Waals surface area contributed by atoms with Gasteiger partial charge in [0.15, 0.2) is 0 Å². The van der Waals surface area contributed by atoms with Crippen LogP contribution in [0.15, 0.2) is 29.8 Å². The van der Waals surface area contributed by atoms with Crippen LogP contribution in [0.1, 0.15) is 26.5 Å². The van der Waals surface area contributed by atoms with Gasteiger partial charge in [-0.1, -0.05) is 32.9 Å². The molecule has 0 aliphatic rings. The molecule has 1 aromatic carbocycles. The van der Waals surface area contributed by atoms with Crippen LogP contribution >= 0.6 is 11.3 Å². The molecule has 100 valence electrons. The average molecular weight is 273 g/mol. The van der Waals surface area contributed by atoms with Gasteiger partial charge in [-0.2, -0.15) is 5.10 Å². The number of aromatic nitrogens is 3. The molecule has 0 unspecified atom stereocenters. The van der Waals surface area contributed by atoms with E-state index in [0.29, 0.717) is 0 Å². The van der Waals surface area contributed by atoms with E-state index in [9.17, 15) is 0 Å². The van der Waals surface area contributed by atoms with E-state index in [0.717, 1.165) is 22.6 Å². The van der Waals surface area contributed by atoms with Gasteiger partial charge in [0.2, 0.25) is 0 Å². The first kappa shape index (κ1) is 13.7. The molecule has 19 heavy (non-hydrogen) atoms. The predicted molar refractivity (Wildman–Crippen MR) is 82.5 cm³/mol. The largest absolute Gasteiger partial charge is 0.268 e. The Hall–Kier alpha value is -1.68. The third-order valence-electron chi connectivity index (χ3n) is 2.94. The number of rotatable bonds is 2. The molecular formula is C15H19N3S. The lowest BCUT2D eigenvalue weighted by atomic mass is 10.1. The van der Waals surface area contributed by atoms with Gasteiger partial charge in [0.25, 0.3) is 0 Å². The lowest BCUT2D eigenvalue weighted by Gasteiger charge is -1.99. The second-order valence-corrected chi connectivity index (χ2v) is 4.86. The topological polar surface area (TPSA) is 30.7 Å². The van der Waals surface area contributed by atoms with Crippen molar-refractivity contribution in [2.75, 3.05) is 0 Å². The van der Waals surface area contributed by atoms with Crippen LogP contribution in [-0.2, 0) is 13.5 Å². The molecule has 0 spiro atoms. The van der Waals surface area contributed by atoms with E-state index >= 15 is 0 Å². The molecule has 0 amide bonds. The van der Waals surface area contributed by atoms with Crippen LogP contribution in [0.2, 0.25) is 0 Å². The van der Waals surface area contributed by atoms with Crippen molar-refractivity contribution < 1.29 is 0 Å². The zero-order valence-corrected chi connectivity index (χ0v) is 12.7. The Labute approximate surface area is 117 Å². The summed E-state index contributed by atoms with van der Waals surface area (Å²) in [6.07, 6.45) is 2.90. The Morgan fingerprint density at radius 1 is 1.26 bits per heavy atom. The molecule has 3 aromatic rings. The van der Waals surface area contributed by atoms with Crippen molar-refractivity contribution in [1.82, 2.24) is 14.8 Å². The predicted octanol–water partition coefficient (Wildman–Crippen LogP) is 4.29. The van der Waals surface area contributed by atoms with Crippen LogP contribution in [0, 0.1) is 0 Å². The highest BCUT2D eigenvalue weighted by atomic mass is 32.1. The summed E-state index contributed by atoms with van der Waals surface area (Å²) in [5.41, 5.74) is 3.49. The van der Waals surface area contributed by atoms with E-state index in [1.165, 1.54) is 10.9 Å². The molecule has 2 heterocycles. The zero-order chi connectivity index (χ0) is 13.8. The van der Waals surface area contributed by atoms with Gasteiger partial charge in [-0.05, 0) is 12.5 Å². The van der Waals surface area contributed by atoms with Gasteiger partial charge in [-0.25, -0.2) is 4.98 Å². The smallest absolute Gasteiger partial charge is 0.124 e. The summed E-state index contributed by atoms with van der Waals surface area (Å²) in [6.45, 7) is 6.13. The lowest BCUT2D eigenvalue weighted by molar-refractivity contribution is 0.797. The molecule has 0 fully saturated rings. The molecule has 0 aliphatic carbocycles. The van der Waals surface area contributed by atoms with E-state index in [1.54, 1.807) is 11.3 Å². The summed E-state index contributed by atoms with van der Waals surface area (Å²) < 4.78 is 1.90. The summed E-state index contributed by atoms with van der Waals surface area (Å²) in [4.78, 5) is 4.64. The van der Waals surface area contributed by atoms with E-state index in [4.69, 9.17) is 0 Å². The maximum atomic E-state index is 4.64. The zero-order valence-electron chi connectivity index (χ0n) is 11.8. The number of hydrogen-bond acceptors (Lipinski definition) is 3. The van der Waals surface area contributed by atoms with E-state index in [1.807, 2.05) is 31.8 Å². The summed E-state index contributed by atoms with van der Waals surface area (Å²) in [5, 5.41) is 8.69. The molecule has 0 radical (unpaired) electrons. The van der Waals surface area contributed by atoms with Crippen molar-refractivity contribution in [1.29, 1.82) is 0 Å². The number of hydrogen-bond donors (Lipinski definition) is 0. The van der Waals surface area contributed by atoms with Crippen molar-refractivity contribution in [3.05, 3.63) is 35.5 Å². The Balaban J connectivity index is 0.000000637. The molecule has 0 aliphatic heterocycles. The quantitative estimate of drug-likeness (QED) is 0.697. The number of thiazole rings is 1. The standard InChI is InChI=1S/C13H13N3S.C2H6/c1-3-9-8-17-13(15-9)10-5-4-6-12-11(10)7-14-16(12)2;1-2/h4-8H,3H2,1-2H3;1-2H3. The first-order valence-electron chi connectivity index (χ1n) is 6.65. The highest BCUT2D eigenvalue weighted by Crippen LogP contribution is 2.30. The van der Waals surface area contributed by atoms with Gasteiger partial charge in [0.05, 0.1) is 17.4 Å².